The van der Waals surface area contributed by atoms with E-state index >= 15 is 0 Å². The third-order valence-corrected chi connectivity index (χ3v) is 5.03. The Hall–Kier alpha value is -1.07. The van der Waals surface area contributed by atoms with Crippen molar-refractivity contribution in [2.24, 2.45) is 0 Å². The molecule has 5 heteroatoms. The molecule has 4 nitrogen and oxygen atoms in total. The van der Waals surface area contributed by atoms with Gasteiger partial charge in [0.15, 0.2) is 9.84 Å². The Balaban J connectivity index is 2.42. The minimum absolute atomic E-state index is 0.0593. The molecule has 19 heavy (non-hydrogen) atoms. The van der Waals surface area contributed by atoms with Crippen molar-refractivity contribution in [2.45, 2.75) is 32.6 Å². The summed E-state index contributed by atoms with van der Waals surface area (Å²) < 4.78 is 28.7. The lowest BCUT2D eigenvalue weighted by molar-refractivity contribution is 0.340. The zero-order chi connectivity index (χ0) is 14.3. The van der Waals surface area contributed by atoms with Crippen molar-refractivity contribution in [3.8, 4) is 5.75 Å². The van der Waals surface area contributed by atoms with Crippen molar-refractivity contribution in [1.82, 2.24) is 5.32 Å². The van der Waals surface area contributed by atoms with Crippen LogP contribution < -0.4 is 10.1 Å². The van der Waals surface area contributed by atoms with E-state index in [1.807, 2.05) is 24.3 Å². The number of ether oxygens (including phenoxy) is 1. The van der Waals surface area contributed by atoms with E-state index in [0.717, 1.165) is 13.1 Å². The highest BCUT2D eigenvalue weighted by Gasteiger charge is 2.15. The second-order valence-corrected chi connectivity index (χ2v) is 7.37. The lowest BCUT2D eigenvalue weighted by Gasteiger charge is -2.10. The molecule has 0 unspecified atom stereocenters. The standard InChI is InChI=1S/C14H23NO3S/c1-4-15-11-13-5-7-14(8-6-13)18-9-10-19(16,17)12(2)3/h5-8,12,15H,4,9-11H2,1-3H3. The molecule has 1 rings (SSSR count). The molecule has 0 aliphatic rings. The highest BCUT2D eigenvalue weighted by Crippen LogP contribution is 2.12. The number of rotatable bonds is 8. The van der Waals surface area contributed by atoms with Gasteiger partial charge in [-0.25, -0.2) is 8.42 Å². The predicted octanol–water partition coefficient (Wildman–Crippen LogP) is 2.00. The topological polar surface area (TPSA) is 55.4 Å². The van der Waals surface area contributed by atoms with Gasteiger partial charge in [-0.2, -0.15) is 0 Å². The van der Waals surface area contributed by atoms with Crippen LogP contribution in [0.1, 0.15) is 26.3 Å². The second-order valence-electron chi connectivity index (χ2n) is 4.69. The summed E-state index contributed by atoms with van der Waals surface area (Å²) in [4.78, 5) is 0. The number of hydrogen-bond acceptors (Lipinski definition) is 4. The third kappa shape index (κ3) is 5.61. The molecule has 0 fully saturated rings. The Labute approximate surface area is 116 Å². The molecule has 0 aliphatic heterocycles. The van der Waals surface area contributed by atoms with Crippen molar-refractivity contribution in [2.75, 3.05) is 18.9 Å². The van der Waals surface area contributed by atoms with Crippen molar-refractivity contribution in [3.05, 3.63) is 29.8 Å². The molecular weight excluding hydrogens is 262 g/mol. The van der Waals surface area contributed by atoms with E-state index in [-0.39, 0.29) is 17.6 Å². The Kier molecular flexibility index (Phi) is 6.31. The van der Waals surface area contributed by atoms with Gasteiger partial charge >= 0.3 is 0 Å². The maximum atomic E-state index is 11.6. The lowest BCUT2D eigenvalue weighted by Crippen LogP contribution is -2.22. The van der Waals surface area contributed by atoms with E-state index in [4.69, 9.17) is 4.74 Å². The smallest absolute Gasteiger partial charge is 0.155 e. The first-order chi connectivity index (χ1) is 8.95. The van der Waals surface area contributed by atoms with E-state index in [0.29, 0.717) is 5.75 Å². The average molecular weight is 285 g/mol. The summed E-state index contributed by atoms with van der Waals surface area (Å²) in [5, 5.41) is 2.89. The molecule has 0 aromatic heterocycles. The fourth-order valence-electron chi connectivity index (χ4n) is 1.48. The Morgan fingerprint density at radius 1 is 1.21 bits per heavy atom. The lowest BCUT2D eigenvalue weighted by atomic mass is 10.2. The molecule has 1 N–H and O–H groups in total. The molecule has 0 radical (unpaired) electrons. The predicted molar refractivity (Wildman–Crippen MR) is 78.2 cm³/mol. The summed E-state index contributed by atoms with van der Waals surface area (Å²) in [5.74, 6) is 0.767. The summed E-state index contributed by atoms with van der Waals surface area (Å²) in [7, 11) is -3.02. The van der Waals surface area contributed by atoms with Gasteiger partial charge in [0.05, 0.1) is 11.0 Å². The summed E-state index contributed by atoms with van der Waals surface area (Å²) in [6.45, 7) is 7.40. The third-order valence-electron chi connectivity index (χ3n) is 2.86. The second kappa shape index (κ2) is 7.50. The summed E-state index contributed by atoms with van der Waals surface area (Å²) >= 11 is 0. The van der Waals surface area contributed by atoms with Gasteiger partial charge in [0.2, 0.25) is 0 Å². The molecule has 108 valence electrons. The van der Waals surface area contributed by atoms with Crippen LogP contribution in [0.4, 0.5) is 0 Å². The molecule has 0 spiro atoms. The first-order valence-electron chi connectivity index (χ1n) is 6.59. The average Bonchev–Trinajstić information content (AvgIpc) is 2.37. The fourth-order valence-corrected chi connectivity index (χ4v) is 2.27. The Morgan fingerprint density at radius 3 is 2.37 bits per heavy atom. The van der Waals surface area contributed by atoms with Crippen LogP contribution in [0.2, 0.25) is 0 Å². The fraction of sp³-hybridized carbons (Fsp3) is 0.571. The van der Waals surface area contributed by atoms with Gasteiger partial charge in [-0.1, -0.05) is 19.1 Å². The summed E-state index contributed by atoms with van der Waals surface area (Å²) in [6.07, 6.45) is 0. The maximum Gasteiger partial charge on any atom is 0.155 e. The van der Waals surface area contributed by atoms with Crippen LogP contribution in [0, 0.1) is 0 Å². The number of hydrogen-bond donors (Lipinski definition) is 1. The minimum Gasteiger partial charge on any atom is -0.493 e. The molecule has 0 saturated carbocycles. The van der Waals surface area contributed by atoms with E-state index in [9.17, 15) is 8.42 Å². The zero-order valence-corrected chi connectivity index (χ0v) is 12.7. The SMILES string of the molecule is CCNCc1ccc(OCCS(=O)(=O)C(C)C)cc1. The van der Waals surface area contributed by atoms with Crippen molar-refractivity contribution >= 4 is 9.84 Å². The number of benzene rings is 1. The van der Waals surface area contributed by atoms with Crippen molar-refractivity contribution < 1.29 is 13.2 Å². The van der Waals surface area contributed by atoms with Gasteiger partial charge in [-0.15, -0.1) is 0 Å². The van der Waals surface area contributed by atoms with Crippen LogP contribution in [0.3, 0.4) is 0 Å². The van der Waals surface area contributed by atoms with Gasteiger partial charge in [-0.05, 0) is 38.1 Å². The van der Waals surface area contributed by atoms with Crippen LogP contribution in [-0.4, -0.2) is 32.6 Å². The van der Waals surface area contributed by atoms with Crippen molar-refractivity contribution in [1.29, 1.82) is 0 Å². The minimum atomic E-state index is -3.02. The first kappa shape index (κ1) is 16.0. The summed E-state index contributed by atoms with van der Waals surface area (Å²) in [6, 6.07) is 7.70. The highest BCUT2D eigenvalue weighted by atomic mass is 32.2. The Bertz CT molecular complexity index is 466. The molecule has 1 aromatic carbocycles. The molecule has 0 saturated heterocycles. The van der Waals surface area contributed by atoms with Gasteiger partial charge < -0.3 is 10.1 Å². The molecule has 0 amide bonds. The first-order valence-corrected chi connectivity index (χ1v) is 8.31. The molecule has 0 heterocycles. The van der Waals surface area contributed by atoms with Crippen LogP contribution in [0.25, 0.3) is 0 Å². The molecule has 0 atom stereocenters. The van der Waals surface area contributed by atoms with Crippen molar-refractivity contribution in [3.63, 3.8) is 0 Å². The quantitative estimate of drug-likeness (QED) is 0.793. The normalized spacial score (nSPS) is 11.8. The van der Waals surface area contributed by atoms with E-state index < -0.39 is 9.84 Å². The summed E-state index contributed by atoms with van der Waals surface area (Å²) in [5.41, 5.74) is 1.18. The van der Waals surface area contributed by atoms with Crippen LogP contribution >= 0.6 is 0 Å². The van der Waals surface area contributed by atoms with Gasteiger partial charge in [0, 0.05) is 6.54 Å². The van der Waals surface area contributed by atoms with Crippen LogP contribution in [0.15, 0.2) is 24.3 Å². The van der Waals surface area contributed by atoms with E-state index in [1.54, 1.807) is 13.8 Å². The number of nitrogens with one attached hydrogen (secondary N) is 1. The molecule has 1 aromatic rings. The van der Waals surface area contributed by atoms with Gasteiger partial charge in [0.1, 0.15) is 12.4 Å². The van der Waals surface area contributed by atoms with Gasteiger partial charge in [-0.3, -0.25) is 0 Å². The zero-order valence-electron chi connectivity index (χ0n) is 11.8. The van der Waals surface area contributed by atoms with Gasteiger partial charge in [0.25, 0.3) is 0 Å². The Morgan fingerprint density at radius 2 is 1.84 bits per heavy atom. The molecular formula is C14H23NO3S. The monoisotopic (exact) mass is 285 g/mol. The van der Waals surface area contributed by atoms with E-state index in [2.05, 4.69) is 12.2 Å². The van der Waals surface area contributed by atoms with Crippen LogP contribution in [-0.2, 0) is 16.4 Å². The van der Waals surface area contributed by atoms with E-state index in [1.165, 1.54) is 5.56 Å². The highest BCUT2D eigenvalue weighted by molar-refractivity contribution is 7.91. The number of sulfone groups is 1. The van der Waals surface area contributed by atoms with Crippen LogP contribution in [0.5, 0.6) is 5.75 Å². The largest absolute Gasteiger partial charge is 0.493 e. The molecule has 0 bridgehead atoms. The molecule has 0 aliphatic carbocycles. The maximum absolute atomic E-state index is 11.6.